The smallest absolute Gasteiger partial charge is 0.128 e. The van der Waals surface area contributed by atoms with Crippen molar-refractivity contribution >= 4 is 11.5 Å². The Kier molecular flexibility index (Phi) is 0.618. The normalized spacial score (nSPS) is 20.8. The highest BCUT2D eigenvalue weighted by molar-refractivity contribution is 5.44. The van der Waals surface area contributed by atoms with Crippen LogP contribution in [-0.4, -0.2) is 18.9 Å². The van der Waals surface area contributed by atoms with E-state index in [0.717, 1.165) is 0 Å². The summed E-state index contributed by atoms with van der Waals surface area (Å²) in [6.07, 6.45) is 1.21. The molecule has 0 saturated heterocycles. The molecule has 0 saturated carbocycles. The third-order valence-corrected chi connectivity index (χ3v) is 1.000. The summed E-state index contributed by atoms with van der Waals surface area (Å²) in [7, 11) is 0. The second kappa shape index (κ2) is 2.56. The van der Waals surface area contributed by atoms with Gasteiger partial charge in [0.15, 0.2) is 0 Å². The zero-order valence-corrected chi connectivity index (χ0v) is 5.20. The van der Waals surface area contributed by atoms with Crippen molar-refractivity contribution in [3.63, 3.8) is 0 Å². The average Bonchev–Trinajstić information content (AvgIpc) is 2.03. The lowest BCUT2D eigenvalue weighted by molar-refractivity contribution is 1.07. The average molecular weight is 143 g/mol. The van der Waals surface area contributed by atoms with Gasteiger partial charge in [0.1, 0.15) is 5.82 Å². The van der Waals surface area contributed by atoms with Crippen molar-refractivity contribution < 1.29 is 8.22 Å². The van der Waals surface area contributed by atoms with Gasteiger partial charge in [-0.3, -0.25) is 0 Å². The molecule has 3 nitrogen and oxygen atoms in total. The number of nitrogens with two attached hydrogens (primary N) is 1. The topological polar surface area (TPSA) is 42.1 Å². The van der Waals surface area contributed by atoms with Gasteiger partial charge in [0.25, 0.3) is 0 Å². The largest absolute Gasteiger partial charge is 0.397 e. The van der Waals surface area contributed by atoms with Crippen LogP contribution in [0.25, 0.3) is 0 Å². The Morgan fingerprint density at radius 2 is 2.40 bits per heavy atom. The first-order valence-corrected chi connectivity index (χ1v) is 2.64. The molecule has 2 N–H and O–H groups in total. The van der Waals surface area contributed by atoms with Crippen molar-refractivity contribution in [1.82, 2.24) is 4.98 Å². The molecular formula is C7H11N3. The minimum atomic E-state index is -2.78. The van der Waals surface area contributed by atoms with E-state index in [0.29, 0.717) is 10.6 Å². The summed E-state index contributed by atoms with van der Waals surface area (Å²) in [5, 5.41) is 0. The Balaban J connectivity index is 3.18. The molecule has 1 aromatic heterocycles. The van der Waals surface area contributed by atoms with Crippen LogP contribution in [0.2, 0.25) is 0 Å². The molecule has 0 aliphatic carbocycles. The highest BCUT2D eigenvalue weighted by Crippen LogP contribution is 2.07. The molecule has 10 heavy (non-hydrogen) atoms. The number of hydrogen-bond acceptors (Lipinski definition) is 3. The van der Waals surface area contributed by atoms with E-state index in [-0.39, 0.29) is 5.82 Å². The fraction of sp³-hybridized carbons (Fsp3) is 0.286. The van der Waals surface area contributed by atoms with Gasteiger partial charge in [0, 0.05) is 22.2 Å². The van der Waals surface area contributed by atoms with Gasteiger partial charge in [0.05, 0.1) is 11.9 Å². The maximum Gasteiger partial charge on any atom is 0.128 e. The lowest BCUT2D eigenvalue weighted by Crippen LogP contribution is -2.10. The molecule has 0 fully saturated rings. The van der Waals surface area contributed by atoms with Crippen LogP contribution in [-0.2, 0) is 0 Å². The molecule has 3 heteroatoms. The van der Waals surface area contributed by atoms with E-state index in [1.807, 2.05) is 0 Å². The van der Waals surface area contributed by atoms with Crippen LogP contribution in [0.15, 0.2) is 18.3 Å². The highest BCUT2D eigenvalue weighted by Gasteiger charge is 1.92. The van der Waals surface area contributed by atoms with Crippen LogP contribution < -0.4 is 10.6 Å². The van der Waals surface area contributed by atoms with Crippen molar-refractivity contribution in [2.75, 3.05) is 24.6 Å². The number of pyridine rings is 1. The van der Waals surface area contributed by atoms with Crippen LogP contribution in [0, 0.1) is 0 Å². The quantitative estimate of drug-likeness (QED) is 0.630. The van der Waals surface area contributed by atoms with Crippen LogP contribution in [0.4, 0.5) is 11.5 Å². The summed E-state index contributed by atoms with van der Waals surface area (Å²) in [6, 6.07) is 2.65. The van der Waals surface area contributed by atoms with E-state index in [1.165, 1.54) is 18.3 Å². The fourth-order valence-corrected chi connectivity index (χ4v) is 0.530. The molecule has 0 bridgehead atoms. The van der Waals surface area contributed by atoms with Crippen LogP contribution in [0.3, 0.4) is 0 Å². The Hall–Kier alpha value is -1.25. The molecule has 54 valence electrons. The van der Waals surface area contributed by atoms with E-state index < -0.39 is 14.0 Å². The Morgan fingerprint density at radius 3 is 2.90 bits per heavy atom. The fourth-order valence-electron chi connectivity index (χ4n) is 0.530. The minimum Gasteiger partial charge on any atom is -0.397 e. The molecule has 1 heterocycles. The first kappa shape index (κ1) is 2.42. The summed E-state index contributed by atoms with van der Waals surface area (Å²) in [6.45, 7) is -5.57. The summed E-state index contributed by atoms with van der Waals surface area (Å²) < 4.78 is 43.0. The van der Waals surface area contributed by atoms with E-state index >= 15 is 0 Å². The SMILES string of the molecule is [2H]C([2H])([2H])N(c1ccc(N)cn1)C([2H])([2H])[2H]. The Bertz CT molecular complexity index is 340. The first-order valence-electron chi connectivity index (χ1n) is 5.64. The summed E-state index contributed by atoms with van der Waals surface area (Å²) in [5.41, 5.74) is 5.72. The third-order valence-electron chi connectivity index (χ3n) is 1.000. The highest BCUT2D eigenvalue weighted by atomic mass is 15.1. The predicted molar refractivity (Wildman–Crippen MR) is 43.0 cm³/mol. The van der Waals surface area contributed by atoms with Crippen molar-refractivity contribution in [3.8, 4) is 0 Å². The van der Waals surface area contributed by atoms with Crippen molar-refractivity contribution in [2.24, 2.45) is 0 Å². The number of rotatable bonds is 1. The van der Waals surface area contributed by atoms with Gasteiger partial charge >= 0.3 is 0 Å². The number of hydrogen-bond donors (Lipinski definition) is 1. The van der Waals surface area contributed by atoms with E-state index in [2.05, 4.69) is 4.98 Å². The van der Waals surface area contributed by atoms with Crippen LogP contribution >= 0.6 is 0 Å². The number of aromatic nitrogens is 1. The maximum atomic E-state index is 7.16. The molecule has 0 aliphatic rings. The molecule has 0 radical (unpaired) electrons. The molecule has 0 amide bonds. The molecule has 1 rings (SSSR count). The van der Waals surface area contributed by atoms with Gasteiger partial charge in [0.2, 0.25) is 0 Å². The second-order valence-electron chi connectivity index (χ2n) is 1.79. The Morgan fingerprint density at radius 1 is 1.60 bits per heavy atom. The monoisotopic (exact) mass is 143 g/mol. The number of nitrogens with zero attached hydrogens (tertiary/aromatic N) is 2. The summed E-state index contributed by atoms with van der Waals surface area (Å²) in [4.78, 5) is 4.00. The minimum absolute atomic E-state index is 0.158. The number of anilines is 2. The lowest BCUT2D eigenvalue weighted by Gasteiger charge is -2.09. The molecule has 0 atom stereocenters. The van der Waals surface area contributed by atoms with Crippen LogP contribution in [0.1, 0.15) is 8.22 Å². The van der Waals surface area contributed by atoms with Crippen molar-refractivity contribution in [1.29, 1.82) is 0 Å². The molecule has 1 aromatic rings. The second-order valence-corrected chi connectivity index (χ2v) is 1.79. The zero-order valence-electron chi connectivity index (χ0n) is 11.2. The lowest BCUT2D eigenvalue weighted by atomic mass is 10.4. The molecule has 0 aliphatic heterocycles. The van der Waals surface area contributed by atoms with Gasteiger partial charge in [-0.15, -0.1) is 0 Å². The van der Waals surface area contributed by atoms with Gasteiger partial charge < -0.3 is 10.6 Å². The molecule has 0 aromatic carbocycles. The zero-order chi connectivity index (χ0) is 12.6. The van der Waals surface area contributed by atoms with E-state index in [4.69, 9.17) is 14.0 Å². The molecular weight excluding hydrogens is 126 g/mol. The van der Waals surface area contributed by atoms with E-state index in [9.17, 15) is 0 Å². The van der Waals surface area contributed by atoms with Gasteiger partial charge in [-0.2, -0.15) is 0 Å². The summed E-state index contributed by atoms with van der Waals surface area (Å²) in [5.74, 6) is -0.158. The predicted octanol–water partition coefficient (Wildman–Crippen LogP) is 0.730. The van der Waals surface area contributed by atoms with Crippen molar-refractivity contribution in [2.45, 2.75) is 0 Å². The van der Waals surface area contributed by atoms with Gasteiger partial charge in [-0.1, -0.05) is 0 Å². The molecule has 0 spiro atoms. The van der Waals surface area contributed by atoms with Gasteiger partial charge in [-0.05, 0) is 12.1 Å². The summed E-state index contributed by atoms with van der Waals surface area (Å²) >= 11 is 0. The van der Waals surface area contributed by atoms with Crippen LogP contribution in [0.5, 0.6) is 0 Å². The van der Waals surface area contributed by atoms with Gasteiger partial charge in [-0.25, -0.2) is 4.98 Å². The maximum absolute atomic E-state index is 7.16. The van der Waals surface area contributed by atoms with E-state index in [1.54, 1.807) is 0 Å². The standard InChI is InChI=1S/C7H11N3/c1-10(2)7-4-3-6(8)5-9-7/h3-5H,8H2,1-2H3/i1D3,2D3. The number of nitrogen functional groups attached to an aromatic ring is 1. The third kappa shape index (κ3) is 1.37. The first-order chi connectivity index (χ1) is 7.12. The molecule has 0 unspecified atom stereocenters. The Labute approximate surface area is 68.9 Å². The van der Waals surface area contributed by atoms with Crippen molar-refractivity contribution in [3.05, 3.63) is 18.3 Å².